The van der Waals surface area contributed by atoms with Crippen molar-refractivity contribution < 1.29 is 9.53 Å². The molecule has 5 aliphatic rings. The normalized spacial score (nSPS) is 46.5. The van der Waals surface area contributed by atoms with Gasteiger partial charge in [-0.05, 0) is 67.6 Å². The second kappa shape index (κ2) is 5.95. The molecule has 1 amide bonds. The molecule has 0 unspecified atom stereocenters. The van der Waals surface area contributed by atoms with E-state index in [1.165, 1.54) is 50.5 Å². The smallest absolute Gasteiger partial charge is 0.228 e. The molecule has 0 aromatic rings. The highest BCUT2D eigenvalue weighted by Gasteiger charge is 2.62. The largest absolute Gasteiger partial charge is 0.378 e. The van der Waals surface area contributed by atoms with Crippen LogP contribution < -0.4 is 0 Å². The molecular formula is C24H35NO2. The first kappa shape index (κ1) is 18.0. The SMILES string of the molecule is C=C1C[C@@]23CC[C@@H]4[C@](C)(C(=O)N5CCOCC5)CCC[C@@]4(C)C2=CC[C@@H]1C3. The van der Waals surface area contributed by atoms with E-state index in [0.29, 0.717) is 30.5 Å². The zero-order valence-corrected chi connectivity index (χ0v) is 17.2. The fraction of sp³-hybridized carbons (Fsp3) is 0.792. The summed E-state index contributed by atoms with van der Waals surface area (Å²) in [7, 11) is 0. The van der Waals surface area contributed by atoms with Crippen LogP contribution in [0.25, 0.3) is 0 Å². The Morgan fingerprint density at radius 3 is 2.78 bits per heavy atom. The Labute approximate surface area is 164 Å². The molecule has 27 heavy (non-hydrogen) atoms. The lowest BCUT2D eigenvalue weighted by atomic mass is 9.43. The lowest BCUT2D eigenvalue weighted by Crippen LogP contribution is -2.58. The van der Waals surface area contributed by atoms with Crippen molar-refractivity contribution in [2.45, 2.75) is 65.2 Å². The summed E-state index contributed by atoms with van der Waals surface area (Å²) in [5.74, 6) is 1.61. The van der Waals surface area contributed by atoms with Gasteiger partial charge in [-0.1, -0.05) is 44.1 Å². The molecule has 0 aromatic heterocycles. The highest BCUT2D eigenvalue weighted by molar-refractivity contribution is 5.83. The molecule has 3 heteroatoms. The van der Waals surface area contributed by atoms with Crippen molar-refractivity contribution in [2.75, 3.05) is 26.3 Å². The van der Waals surface area contributed by atoms with Crippen LogP contribution in [0.1, 0.15) is 65.2 Å². The predicted octanol–water partition coefficient (Wildman–Crippen LogP) is 4.73. The Bertz CT molecular complexity index is 705. The third-order valence-electron chi connectivity index (χ3n) is 9.20. The first-order valence-electron chi connectivity index (χ1n) is 11.2. The van der Waals surface area contributed by atoms with Gasteiger partial charge in [0.05, 0.1) is 18.6 Å². The van der Waals surface area contributed by atoms with Gasteiger partial charge in [-0.25, -0.2) is 0 Å². The summed E-state index contributed by atoms with van der Waals surface area (Å²) in [4.78, 5) is 15.8. The molecule has 3 saturated carbocycles. The van der Waals surface area contributed by atoms with Crippen molar-refractivity contribution >= 4 is 5.91 Å². The first-order valence-corrected chi connectivity index (χ1v) is 11.2. The van der Waals surface area contributed by atoms with E-state index in [1.54, 1.807) is 5.57 Å². The number of rotatable bonds is 1. The van der Waals surface area contributed by atoms with Crippen LogP contribution in [0.5, 0.6) is 0 Å². The molecule has 2 bridgehead atoms. The zero-order chi connectivity index (χ0) is 18.9. The third-order valence-corrected chi connectivity index (χ3v) is 9.20. The molecule has 0 aromatic carbocycles. The average molecular weight is 370 g/mol. The topological polar surface area (TPSA) is 29.5 Å². The summed E-state index contributed by atoms with van der Waals surface area (Å²) in [6.45, 7) is 12.2. The molecule has 4 aliphatic carbocycles. The molecule has 1 aliphatic heterocycles. The fourth-order valence-corrected chi connectivity index (χ4v) is 8.00. The van der Waals surface area contributed by atoms with Crippen LogP contribution in [-0.2, 0) is 9.53 Å². The van der Waals surface area contributed by atoms with Crippen molar-refractivity contribution in [3.05, 3.63) is 23.8 Å². The number of carbonyl (C=O) groups excluding carboxylic acids is 1. The molecule has 5 atom stereocenters. The van der Waals surface area contributed by atoms with Crippen molar-refractivity contribution in [3.63, 3.8) is 0 Å². The van der Waals surface area contributed by atoms with E-state index < -0.39 is 0 Å². The number of fused-ring (bicyclic) bond motifs is 3. The van der Waals surface area contributed by atoms with E-state index in [-0.39, 0.29) is 10.8 Å². The standard InChI is InChI=1S/C24H35NO2/c1-17-15-24-10-7-19-22(2,20(24)6-5-18(17)16-24)8-4-9-23(19,3)21(26)25-11-13-27-14-12-25/h6,18-19H,1,4-5,7-16H2,2-3H3/t18-,19+,22-,23-,24-/m1/s1. The minimum absolute atomic E-state index is 0.197. The van der Waals surface area contributed by atoms with Crippen LogP contribution in [0.3, 0.4) is 0 Å². The number of hydrogen-bond donors (Lipinski definition) is 0. The van der Waals surface area contributed by atoms with Gasteiger partial charge in [-0.3, -0.25) is 4.79 Å². The van der Waals surface area contributed by atoms with Crippen molar-refractivity contribution in [1.29, 1.82) is 0 Å². The Morgan fingerprint density at radius 2 is 2.00 bits per heavy atom. The molecule has 148 valence electrons. The summed E-state index contributed by atoms with van der Waals surface area (Å²) < 4.78 is 5.50. The van der Waals surface area contributed by atoms with E-state index in [9.17, 15) is 4.79 Å². The summed E-state index contributed by atoms with van der Waals surface area (Å²) in [5.41, 5.74) is 3.58. The highest BCUT2D eigenvalue weighted by atomic mass is 16.5. The van der Waals surface area contributed by atoms with Gasteiger partial charge in [0.2, 0.25) is 5.91 Å². The van der Waals surface area contributed by atoms with Gasteiger partial charge < -0.3 is 9.64 Å². The lowest BCUT2D eigenvalue weighted by molar-refractivity contribution is -0.158. The number of hydrogen-bond acceptors (Lipinski definition) is 2. The van der Waals surface area contributed by atoms with E-state index in [0.717, 1.165) is 25.4 Å². The van der Waals surface area contributed by atoms with Crippen LogP contribution in [0.2, 0.25) is 0 Å². The summed E-state index contributed by atoms with van der Waals surface area (Å²) in [6.07, 6.45) is 12.3. The highest BCUT2D eigenvalue weighted by Crippen LogP contribution is 2.70. The monoisotopic (exact) mass is 369 g/mol. The van der Waals surface area contributed by atoms with Gasteiger partial charge in [-0.15, -0.1) is 0 Å². The first-order chi connectivity index (χ1) is 12.9. The van der Waals surface area contributed by atoms with Crippen molar-refractivity contribution in [1.82, 2.24) is 4.90 Å². The van der Waals surface area contributed by atoms with Gasteiger partial charge in [0, 0.05) is 13.1 Å². The van der Waals surface area contributed by atoms with E-state index >= 15 is 0 Å². The van der Waals surface area contributed by atoms with Gasteiger partial charge in [-0.2, -0.15) is 0 Å². The maximum absolute atomic E-state index is 13.7. The fourth-order valence-electron chi connectivity index (χ4n) is 8.00. The maximum atomic E-state index is 13.7. The quantitative estimate of drug-likeness (QED) is 0.625. The summed E-state index contributed by atoms with van der Waals surface area (Å²) in [5, 5.41) is 0. The predicted molar refractivity (Wildman–Crippen MR) is 107 cm³/mol. The third kappa shape index (κ3) is 2.39. The van der Waals surface area contributed by atoms with E-state index in [4.69, 9.17) is 4.74 Å². The van der Waals surface area contributed by atoms with Crippen molar-refractivity contribution in [3.8, 4) is 0 Å². The van der Waals surface area contributed by atoms with Crippen LogP contribution in [0.15, 0.2) is 23.8 Å². The number of nitrogens with zero attached hydrogens (tertiary/aromatic N) is 1. The molecule has 1 heterocycles. The lowest BCUT2D eigenvalue weighted by Gasteiger charge is -2.61. The summed E-state index contributed by atoms with van der Waals surface area (Å²) in [6, 6.07) is 0. The van der Waals surface area contributed by atoms with Gasteiger partial charge in [0.15, 0.2) is 0 Å². The molecule has 4 fully saturated rings. The second-order valence-corrected chi connectivity index (χ2v) is 10.6. The Balaban J connectivity index is 1.50. The zero-order valence-electron chi connectivity index (χ0n) is 17.2. The van der Waals surface area contributed by atoms with Gasteiger partial charge in [0.1, 0.15) is 0 Å². The number of carbonyl (C=O) groups is 1. The molecular weight excluding hydrogens is 334 g/mol. The van der Waals surface area contributed by atoms with Crippen LogP contribution in [0.4, 0.5) is 0 Å². The number of morpholine rings is 1. The summed E-state index contributed by atoms with van der Waals surface area (Å²) >= 11 is 0. The number of ether oxygens (including phenoxy) is 1. The van der Waals surface area contributed by atoms with Gasteiger partial charge >= 0.3 is 0 Å². The van der Waals surface area contributed by atoms with E-state index in [1.807, 2.05) is 0 Å². The number of amides is 1. The van der Waals surface area contributed by atoms with Crippen LogP contribution in [0, 0.1) is 28.1 Å². The molecule has 1 saturated heterocycles. The van der Waals surface area contributed by atoms with Crippen LogP contribution >= 0.6 is 0 Å². The maximum Gasteiger partial charge on any atom is 0.228 e. The van der Waals surface area contributed by atoms with Gasteiger partial charge in [0.25, 0.3) is 0 Å². The van der Waals surface area contributed by atoms with Crippen molar-refractivity contribution in [2.24, 2.45) is 28.1 Å². The Kier molecular flexibility index (Phi) is 3.96. The number of allylic oxidation sites excluding steroid dienone is 3. The van der Waals surface area contributed by atoms with Crippen LogP contribution in [-0.4, -0.2) is 37.1 Å². The Hall–Kier alpha value is -1.09. The molecule has 1 spiro atoms. The molecule has 0 N–H and O–H groups in total. The molecule has 5 rings (SSSR count). The Morgan fingerprint density at radius 1 is 1.22 bits per heavy atom. The molecule has 0 radical (unpaired) electrons. The second-order valence-electron chi connectivity index (χ2n) is 10.6. The minimum atomic E-state index is -0.209. The minimum Gasteiger partial charge on any atom is -0.378 e. The van der Waals surface area contributed by atoms with E-state index in [2.05, 4.69) is 31.4 Å². The average Bonchev–Trinajstić information content (AvgIpc) is 2.90. The molecule has 3 nitrogen and oxygen atoms in total.